The molecule has 0 aromatic heterocycles. The molecular formula is C8H19NO2. The molecule has 0 spiro atoms. The van der Waals surface area contributed by atoms with Crippen LogP contribution >= 0.6 is 0 Å². The fourth-order valence-corrected chi connectivity index (χ4v) is 0.775. The monoisotopic (exact) mass is 161 g/mol. The molecule has 11 heavy (non-hydrogen) atoms. The van der Waals surface area contributed by atoms with Gasteiger partial charge in [0.25, 0.3) is 0 Å². The average molecular weight is 161 g/mol. The predicted octanol–water partition coefficient (Wildman–Crippen LogP) is -0.0231. The molecule has 68 valence electrons. The first-order valence-corrected chi connectivity index (χ1v) is 4.23. The Hall–Kier alpha value is -0.120. The standard InChI is InChI=1S/C8H19NO2/c1-8(7-11)6-9-4-2-3-5-10/h8-11H,2-7H2,1H3. The van der Waals surface area contributed by atoms with Crippen molar-refractivity contribution in [3.8, 4) is 0 Å². The maximum absolute atomic E-state index is 8.66. The van der Waals surface area contributed by atoms with Crippen LogP contribution in [0.25, 0.3) is 0 Å². The zero-order chi connectivity index (χ0) is 8.53. The topological polar surface area (TPSA) is 52.5 Å². The lowest BCUT2D eigenvalue weighted by atomic mass is 10.2. The van der Waals surface area contributed by atoms with Gasteiger partial charge in [0.2, 0.25) is 0 Å². The highest BCUT2D eigenvalue weighted by atomic mass is 16.3. The van der Waals surface area contributed by atoms with Crippen LogP contribution < -0.4 is 5.32 Å². The number of hydrogen-bond acceptors (Lipinski definition) is 3. The normalized spacial score (nSPS) is 13.4. The molecular weight excluding hydrogens is 142 g/mol. The van der Waals surface area contributed by atoms with E-state index in [0.717, 1.165) is 25.9 Å². The molecule has 3 nitrogen and oxygen atoms in total. The third kappa shape index (κ3) is 7.78. The molecule has 0 radical (unpaired) electrons. The zero-order valence-electron chi connectivity index (χ0n) is 7.21. The summed E-state index contributed by atoms with van der Waals surface area (Å²) in [5.41, 5.74) is 0. The smallest absolute Gasteiger partial charge is 0.0468 e. The van der Waals surface area contributed by atoms with E-state index in [1.807, 2.05) is 6.92 Å². The van der Waals surface area contributed by atoms with Gasteiger partial charge in [-0.2, -0.15) is 0 Å². The van der Waals surface area contributed by atoms with Crippen molar-refractivity contribution in [3.05, 3.63) is 0 Å². The number of hydrogen-bond donors (Lipinski definition) is 3. The maximum Gasteiger partial charge on any atom is 0.0468 e. The van der Waals surface area contributed by atoms with Gasteiger partial charge in [0.1, 0.15) is 0 Å². The van der Waals surface area contributed by atoms with Crippen molar-refractivity contribution in [1.29, 1.82) is 0 Å². The molecule has 3 heteroatoms. The van der Waals surface area contributed by atoms with E-state index in [4.69, 9.17) is 10.2 Å². The minimum atomic E-state index is 0.243. The predicted molar refractivity (Wildman–Crippen MR) is 45.4 cm³/mol. The van der Waals surface area contributed by atoms with E-state index >= 15 is 0 Å². The fraction of sp³-hybridized carbons (Fsp3) is 1.00. The Morgan fingerprint density at radius 1 is 1.27 bits per heavy atom. The Bertz CT molecular complexity index is 78.5. The number of nitrogens with one attached hydrogen (secondary N) is 1. The van der Waals surface area contributed by atoms with Gasteiger partial charge in [-0.25, -0.2) is 0 Å². The molecule has 1 atom stereocenters. The largest absolute Gasteiger partial charge is 0.396 e. The van der Waals surface area contributed by atoms with Gasteiger partial charge in [-0.15, -0.1) is 0 Å². The van der Waals surface area contributed by atoms with E-state index in [1.54, 1.807) is 0 Å². The van der Waals surface area contributed by atoms with Gasteiger partial charge in [-0.05, 0) is 31.8 Å². The average Bonchev–Trinajstić information content (AvgIpc) is 2.04. The Morgan fingerprint density at radius 3 is 2.55 bits per heavy atom. The Kier molecular flexibility index (Phi) is 7.89. The fourth-order valence-electron chi connectivity index (χ4n) is 0.775. The lowest BCUT2D eigenvalue weighted by molar-refractivity contribution is 0.233. The summed E-state index contributed by atoms with van der Waals surface area (Å²) in [6.07, 6.45) is 1.87. The van der Waals surface area contributed by atoms with Gasteiger partial charge >= 0.3 is 0 Å². The number of rotatable bonds is 7. The summed E-state index contributed by atoms with van der Waals surface area (Å²) in [6.45, 7) is 4.32. The van der Waals surface area contributed by atoms with Crippen LogP contribution in [0.5, 0.6) is 0 Å². The molecule has 0 aliphatic carbocycles. The third-order valence-electron chi connectivity index (χ3n) is 1.57. The first kappa shape index (κ1) is 10.9. The third-order valence-corrected chi connectivity index (χ3v) is 1.57. The van der Waals surface area contributed by atoms with Crippen molar-refractivity contribution in [2.45, 2.75) is 19.8 Å². The summed E-state index contributed by atoms with van der Waals surface area (Å²) in [5.74, 6) is 0.337. The van der Waals surface area contributed by atoms with Gasteiger partial charge < -0.3 is 15.5 Å². The van der Waals surface area contributed by atoms with Crippen LogP contribution in [0.1, 0.15) is 19.8 Å². The van der Waals surface area contributed by atoms with Crippen LogP contribution in [0.15, 0.2) is 0 Å². The molecule has 0 amide bonds. The molecule has 0 saturated heterocycles. The lowest BCUT2D eigenvalue weighted by Crippen LogP contribution is -2.24. The first-order chi connectivity index (χ1) is 5.31. The van der Waals surface area contributed by atoms with E-state index < -0.39 is 0 Å². The molecule has 0 aromatic rings. The molecule has 0 aliphatic heterocycles. The summed E-state index contributed by atoms with van der Waals surface area (Å²) < 4.78 is 0. The van der Waals surface area contributed by atoms with Crippen LogP contribution in [0.4, 0.5) is 0 Å². The summed E-state index contributed by atoms with van der Waals surface area (Å²) in [7, 11) is 0. The Labute approximate surface area is 68.4 Å². The second-order valence-electron chi connectivity index (χ2n) is 2.92. The molecule has 1 unspecified atom stereocenters. The zero-order valence-corrected chi connectivity index (χ0v) is 7.21. The van der Waals surface area contributed by atoms with Crippen LogP contribution in [-0.4, -0.2) is 36.5 Å². The summed E-state index contributed by atoms with van der Waals surface area (Å²) >= 11 is 0. The highest BCUT2D eigenvalue weighted by molar-refractivity contribution is 4.54. The minimum Gasteiger partial charge on any atom is -0.396 e. The number of unbranched alkanes of at least 4 members (excludes halogenated alkanes) is 1. The van der Waals surface area contributed by atoms with Crippen LogP contribution in [0.2, 0.25) is 0 Å². The Morgan fingerprint density at radius 2 is 2.00 bits per heavy atom. The molecule has 0 aromatic carbocycles. The van der Waals surface area contributed by atoms with Crippen LogP contribution in [-0.2, 0) is 0 Å². The van der Waals surface area contributed by atoms with Crippen molar-refractivity contribution < 1.29 is 10.2 Å². The minimum absolute atomic E-state index is 0.243. The van der Waals surface area contributed by atoms with E-state index in [9.17, 15) is 0 Å². The number of aliphatic hydroxyl groups is 2. The summed E-state index contributed by atoms with van der Waals surface area (Å²) in [4.78, 5) is 0. The molecule has 0 heterocycles. The lowest BCUT2D eigenvalue weighted by Gasteiger charge is -2.08. The SMILES string of the molecule is CC(CO)CNCCCCO. The van der Waals surface area contributed by atoms with Crippen molar-refractivity contribution in [3.63, 3.8) is 0 Å². The summed E-state index contributed by atoms with van der Waals surface area (Å²) in [5, 5.41) is 20.3. The molecule has 0 rings (SSSR count). The highest BCUT2D eigenvalue weighted by Crippen LogP contribution is 1.89. The Balaban J connectivity index is 2.89. The van der Waals surface area contributed by atoms with Crippen LogP contribution in [0.3, 0.4) is 0 Å². The van der Waals surface area contributed by atoms with Gasteiger partial charge in [0.15, 0.2) is 0 Å². The van der Waals surface area contributed by atoms with Crippen molar-refractivity contribution in [2.24, 2.45) is 5.92 Å². The van der Waals surface area contributed by atoms with Crippen LogP contribution in [0, 0.1) is 5.92 Å². The van der Waals surface area contributed by atoms with Crippen molar-refractivity contribution in [1.82, 2.24) is 5.32 Å². The van der Waals surface area contributed by atoms with Gasteiger partial charge in [0.05, 0.1) is 0 Å². The molecule has 0 fully saturated rings. The van der Waals surface area contributed by atoms with E-state index in [1.165, 1.54) is 0 Å². The van der Waals surface area contributed by atoms with Crippen molar-refractivity contribution in [2.75, 3.05) is 26.3 Å². The second kappa shape index (κ2) is 7.98. The second-order valence-corrected chi connectivity index (χ2v) is 2.92. The molecule has 0 bridgehead atoms. The summed E-state index contributed by atoms with van der Waals surface area (Å²) in [6, 6.07) is 0. The highest BCUT2D eigenvalue weighted by Gasteiger charge is 1.96. The quantitative estimate of drug-likeness (QED) is 0.460. The van der Waals surface area contributed by atoms with E-state index in [-0.39, 0.29) is 13.2 Å². The molecule has 0 aliphatic rings. The van der Waals surface area contributed by atoms with Gasteiger partial charge in [-0.3, -0.25) is 0 Å². The first-order valence-electron chi connectivity index (χ1n) is 4.23. The van der Waals surface area contributed by atoms with Crippen molar-refractivity contribution >= 4 is 0 Å². The molecule has 0 saturated carbocycles. The van der Waals surface area contributed by atoms with Gasteiger partial charge in [0, 0.05) is 13.2 Å². The van der Waals surface area contributed by atoms with E-state index in [0.29, 0.717) is 5.92 Å². The maximum atomic E-state index is 8.66. The molecule has 3 N–H and O–H groups in total. The number of aliphatic hydroxyl groups excluding tert-OH is 2. The van der Waals surface area contributed by atoms with E-state index in [2.05, 4.69) is 5.32 Å². The van der Waals surface area contributed by atoms with Gasteiger partial charge in [-0.1, -0.05) is 6.92 Å².